The number of terminal acetylenes is 2. The number of hydrogen-bond donors (Lipinski definition) is 0. The van der Waals surface area contributed by atoms with Gasteiger partial charge in [-0.1, -0.05) is 94.0 Å². The number of aryl methyl sites for hydroxylation is 1. The van der Waals surface area contributed by atoms with Crippen LogP contribution in [0.15, 0.2) is 73.0 Å². The predicted octanol–water partition coefficient (Wildman–Crippen LogP) is 10.2. The number of methoxy groups -OCH3 is 1. The molecule has 46 heavy (non-hydrogen) atoms. The van der Waals surface area contributed by atoms with Crippen LogP contribution in [0.1, 0.15) is 109 Å². The number of rotatable bonds is 18. The van der Waals surface area contributed by atoms with E-state index in [2.05, 4.69) is 48.8 Å². The molecule has 0 aliphatic heterocycles. The number of ether oxygens (including phenoxy) is 3. The van der Waals surface area contributed by atoms with E-state index in [-0.39, 0.29) is 5.97 Å². The van der Waals surface area contributed by atoms with Crippen LogP contribution in [0.5, 0.6) is 17.2 Å². The highest BCUT2D eigenvalue weighted by Crippen LogP contribution is 2.30. The monoisotopic (exact) mass is 626 g/mol. The standard InChI is InChI=1S/C20H24O4.C16H24.C5H6O/c1-5-7-9-10-12-20(21)24-19-14-17(22-4)13-18(15-19)23-16(3)11-8-6-2;1-3-9-15(10-4-1)11-5-2-6-12-16-13-7-8-14-16;1-2-3-4-5-6/h2,5,7,13-15H,3,8-12H2,1,4H3;1,3-4,9-10,16H,2,5-8,11-14H2;1,5H,3-4H2/b7-5-;;. The summed E-state index contributed by atoms with van der Waals surface area (Å²) in [4.78, 5) is 21.4. The highest BCUT2D eigenvalue weighted by molar-refractivity contribution is 5.72. The van der Waals surface area contributed by atoms with Crippen LogP contribution in [-0.4, -0.2) is 19.4 Å². The van der Waals surface area contributed by atoms with Crippen molar-refractivity contribution in [2.75, 3.05) is 7.11 Å². The molecule has 0 unspecified atom stereocenters. The Hall–Kier alpha value is -4.22. The number of esters is 1. The molecular weight excluding hydrogens is 572 g/mol. The third kappa shape index (κ3) is 20.7. The second-order valence-electron chi connectivity index (χ2n) is 11.3. The maximum Gasteiger partial charge on any atom is 0.311 e. The van der Waals surface area contributed by atoms with Gasteiger partial charge in [-0.2, -0.15) is 0 Å². The number of benzene rings is 2. The molecular formula is C41H54O5. The van der Waals surface area contributed by atoms with E-state index in [9.17, 15) is 9.59 Å². The Morgan fingerprint density at radius 1 is 0.891 bits per heavy atom. The molecule has 0 spiro atoms. The second-order valence-corrected chi connectivity index (χ2v) is 11.3. The van der Waals surface area contributed by atoms with Crippen LogP contribution in [0.3, 0.4) is 0 Å². The van der Waals surface area contributed by atoms with Gasteiger partial charge in [0.15, 0.2) is 0 Å². The first-order chi connectivity index (χ1) is 22.4. The lowest BCUT2D eigenvalue weighted by atomic mass is 9.98. The average Bonchev–Trinajstić information content (AvgIpc) is 3.59. The van der Waals surface area contributed by atoms with E-state index in [4.69, 9.17) is 27.1 Å². The van der Waals surface area contributed by atoms with Crippen LogP contribution >= 0.6 is 0 Å². The van der Waals surface area contributed by atoms with Crippen molar-refractivity contribution in [2.45, 2.75) is 110 Å². The van der Waals surface area contributed by atoms with E-state index in [0.29, 0.717) is 55.1 Å². The molecule has 1 aliphatic carbocycles. The largest absolute Gasteiger partial charge is 0.496 e. The molecule has 1 fully saturated rings. The number of aldehydes is 1. The number of carbonyl (C=O) groups excluding carboxylic acids is 2. The highest BCUT2D eigenvalue weighted by Gasteiger charge is 2.14. The number of allylic oxidation sites excluding steroid dienone is 3. The Labute approximate surface area is 278 Å². The van der Waals surface area contributed by atoms with Crippen molar-refractivity contribution in [3.05, 3.63) is 78.6 Å². The number of carbonyl (C=O) groups is 2. The van der Waals surface area contributed by atoms with Crippen LogP contribution in [-0.2, 0) is 16.0 Å². The Morgan fingerprint density at radius 2 is 1.57 bits per heavy atom. The molecule has 2 aromatic rings. The fourth-order valence-electron chi connectivity index (χ4n) is 4.95. The van der Waals surface area contributed by atoms with Crippen LogP contribution in [0.4, 0.5) is 0 Å². The van der Waals surface area contributed by atoms with Crippen LogP contribution < -0.4 is 14.2 Å². The molecule has 0 amide bonds. The SMILES string of the molecule is C#CCCC(=C)Oc1cc(OC)cc(OC(=O)CCC/C=C\C)c1.C#CCCC=O.c1ccc(CCCCCC2CCCC2)cc1. The predicted molar refractivity (Wildman–Crippen MR) is 190 cm³/mol. The van der Waals surface area contributed by atoms with E-state index >= 15 is 0 Å². The molecule has 0 radical (unpaired) electrons. The van der Waals surface area contributed by atoms with Crippen molar-refractivity contribution in [3.63, 3.8) is 0 Å². The highest BCUT2D eigenvalue weighted by atomic mass is 16.5. The lowest BCUT2D eigenvalue weighted by Gasteiger charge is -2.12. The van der Waals surface area contributed by atoms with E-state index in [0.717, 1.165) is 25.0 Å². The summed E-state index contributed by atoms with van der Waals surface area (Å²) in [5, 5.41) is 0. The Morgan fingerprint density at radius 3 is 2.17 bits per heavy atom. The van der Waals surface area contributed by atoms with Crippen molar-refractivity contribution in [1.29, 1.82) is 0 Å². The summed E-state index contributed by atoms with van der Waals surface area (Å²) in [7, 11) is 1.54. The van der Waals surface area contributed by atoms with Crippen LogP contribution in [0.25, 0.3) is 0 Å². The van der Waals surface area contributed by atoms with Gasteiger partial charge in [0.25, 0.3) is 0 Å². The third-order valence-corrected chi connectivity index (χ3v) is 7.42. The molecule has 5 heteroatoms. The van der Waals surface area contributed by atoms with Gasteiger partial charge in [-0.3, -0.25) is 4.79 Å². The summed E-state index contributed by atoms with van der Waals surface area (Å²) < 4.78 is 16.2. The third-order valence-electron chi connectivity index (χ3n) is 7.42. The lowest BCUT2D eigenvalue weighted by molar-refractivity contribution is -0.134. The zero-order chi connectivity index (χ0) is 33.7. The smallest absolute Gasteiger partial charge is 0.311 e. The van der Waals surface area contributed by atoms with Gasteiger partial charge in [-0.05, 0) is 44.1 Å². The summed E-state index contributed by atoms with van der Waals surface area (Å²) in [6.07, 6.45) is 32.0. The van der Waals surface area contributed by atoms with E-state index in [1.807, 2.05) is 19.1 Å². The normalized spacial score (nSPS) is 12.0. The molecule has 0 atom stereocenters. The summed E-state index contributed by atoms with van der Waals surface area (Å²) in [6, 6.07) is 15.9. The second kappa shape index (κ2) is 27.1. The van der Waals surface area contributed by atoms with Crippen molar-refractivity contribution in [3.8, 4) is 41.9 Å². The van der Waals surface area contributed by atoms with Crippen molar-refractivity contribution in [1.82, 2.24) is 0 Å². The molecule has 2 aromatic carbocycles. The summed E-state index contributed by atoms with van der Waals surface area (Å²) >= 11 is 0. The summed E-state index contributed by atoms with van der Waals surface area (Å²) in [5.41, 5.74) is 1.50. The first kappa shape index (κ1) is 39.8. The van der Waals surface area contributed by atoms with Gasteiger partial charge >= 0.3 is 5.97 Å². The molecule has 0 N–H and O–H groups in total. The van der Waals surface area contributed by atoms with E-state index < -0.39 is 0 Å². The maximum atomic E-state index is 11.9. The average molecular weight is 627 g/mol. The van der Waals surface area contributed by atoms with Gasteiger partial charge in [0.2, 0.25) is 0 Å². The quantitative estimate of drug-likeness (QED) is 0.0313. The van der Waals surface area contributed by atoms with E-state index in [1.54, 1.807) is 18.2 Å². The molecule has 0 saturated heterocycles. The zero-order valence-corrected chi connectivity index (χ0v) is 28.1. The van der Waals surface area contributed by atoms with Gasteiger partial charge in [0.1, 0.15) is 23.5 Å². The van der Waals surface area contributed by atoms with Gasteiger partial charge < -0.3 is 19.0 Å². The van der Waals surface area contributed by atoms with E-state index in [1.165, 1.54) is 70.5 Å². The molecule has 1 saturated carbocycles. The molecule has 248 valence electrons. The fraction of sp³-hybridized carbons (Fsp3) is 0.463. The van der Waals surface area contributed by atoms with Crippen molar-refractivity contribution >= 4 is 12.3 Å². The van der Waals surface area contributed by atoms with Crippen LogP contribution in [0, 0.1) is 30.6 Å². The molecule has 0 bridgehead atoms. The first-order valence-electron chi connectivity index (χ1n) is 16.7. The Bertz CT molecular complexity index is 1230. The summed E-state index contributed by atoms with van der Waals surface area (Å²) in [6.45, 7) is 5.77. The first-order valence-corrected chi connectivity index (χ1v) is 16.7. The molecule has 3 rings (SSSR count). The topological polar surface area (TPSA) is 61.8 Å². The maximum absolute atomic E-state index is 11.9. The lowest BCUT2D eigenvalue weighted by Crippen LogP contribution is -2.07. The summed E-state index contributed by atoms with van der Waals surface area (Å²) in [5.74, 6) is 7.62. The number of unbranched alkanes of at least 4 members (excludes halogenated alkanes) is 4. The minimum atomic E-state index is -0.287. The van der Waals surface area contributed by atoms with Crippen LogP contribution in [0.2, 0.25) is 0 Å². The Balaban J connectivity index is 0.000000410. The van der Waals surface area contributed by atoms with Gasteiger partial charge in [-0.15, -0.1) is 24.7 Å². The van der Waals surface area contributed by atoms with Gasteiger partial charge in [0.05, 0.1) is 12.9 Å². The fourth-order valence-corrected chi connectivity index (χ4v) is 4.95. The van der Waals surface area contributed by atoms with Crippen molar-refractivity contribution < 1.29 is 23.8 Å². The minimum Gasteiger partial charge on any atom is -0.496 e. The number of hydrogen-bond acceptors (Lipinski definition) is 5. The minimum absolute atomic E-state index is 0.287. The Kier molecular flexibility index (Phi) is 23.5. The molecule has 0 aromatic heterocycles. The molecule has 5 nitrogen and oxygen atoms in total. The van der Waals surface area contributed by atoms with Gasteiger partial charge in [-0.25, -0.2) is 0 Å². The molecule has 0 heterocycles. The molecule has 1 aliphatic rings. The van der Waals surface area contributed by atoms with Gasteiger partial charge in [0, 0.05) is 50.3 Å². The van der Waals surface area contributed by atoms with Crippen molar-refractivity contribution in [2.24, 2.45) is 5.92 Å². The zero-order valence-electron chi connectivity index (χ0n) is 28.1.